The molecule has 0 aromatic heterocycles. The first-order valence-corrected chi connectivity index (χ1v) is 6.82. The predicted molar refractivity (Wildman–Crippen MR) is 72.9 cm³/mol. The number of para-hydroxylation sites is 1. The van der Waals surface area contributed by atoms with E-state index in [2.05, 4.69) is 36.2 Å². The van der Waals surface area contributed by atoms with E-state index >= 15 is 0 Å². The van der Waals surface area contributed by atoms with Gasteiger partial charge in [-0.3, -0.25) is 4.79 Å². The summed E-state index contributed by atoms with van der Waals surface area (Å²) in [6.45, 7) is 3.74. The van der Waals surface area contributed by atoms with E-state index in [1.165, 1.54) is 11.3 Å². The van der Waals surface area contributed by atoms with Gasteiger partial charge in [-0.2, -0.15) is 0 Å². The topological polar surface area (TPSA) is 23.6 Å². The number of fused-ring (bicyclic) bond motifs is 3. The molecule has 1 fully saturated rings. The van der Waals surface area contributed by atoms with E-state index < -0.39 is 0 Å². The van der Waals surface area contributed by atoms with E-state index in [1.807, 2.05) is 11.8 Å². The van der Waals surface area contributed by atoms with Crippen molar-refractivity contribution in [3.05, 3.63) is 29.8 Å². The summed E-state index contributed by atoms with van der Waals surface area (Å²) in [6, 6.07) is 9.19. The average Bonchev–Trinajstić information content (AvgIpc) is 2.72. The molecule has 0 spiro atoms. The van der Waals surface area contributed by atoms with Gasteiger partial charge >= 0.3 is 0 Å². The van der Waals surface area contributed by atoms with Crippen molar-refractivity contribution in [3.8, 4) is 0 Å². The zero-order valence-electron chi connectivity index (χ0n) is 11.1. The number of anilines is 1. The Morgan fingerprint density at radius 2 is 2.17 bits per heavy atom. The Balaban J connectivity index is 1.89. The number of carbonyl (C=O) groups excluding carboxylic acids is 1. The Morgan fingerprint density at radius 3 is 2.94 bits per heavy atom. The van der Waals surface area contributed by atoms with Crippen molar-refractivity contribution in [2.24, 2.45) is 0 Å². The summed E-state index contributed by atoms with van der Waals surface area (Å²) in [5.41, 5.74) is 2.76. The molecule has 1 amide bonds. The average molecular weight is 244 g/mol. The maximum absolute atomic E-state index is 11.9. The molecule has 1 aromatic rings. The summed E-state index contributed by atoms with van der Waals surface area (Å²) in [7, 11) is 2.18. The van der Waals surface area contributed by atoms with Crippen LogP contribution in [0.15, 0.2) is 24.3 Å². The minimum Gasteiger partial charge on any atom is -0.371 e. The van der Waals surface area contributed by atoms with Gasteiger partial charge in [-0.05, 0) is 18.1 Å². The third kappa shape index (κ3) is 1.61. The molecule has 96 valence electrons. The van der Waals surface area contributed by atoms with E-state index in [0.29, 0.717) is 24.3 Å². The molecule has 2 atom stereocenters. The minimum atomic E-state index is 0.292. The normalized spacial score (nSPS) is 25.9. The fourth-order valence-electron chi connectivity index (χ4n) is 3.46. The molecule has 0 unspecified atom stereocenters. The predicted octanol–water partition coefficient (Wildman–Crippen LogP) is 2.23. The first-order valence-electron chi connectivity index (χ1n) is 6.82. The molecular formula is C15H20N2O. The van der Waals surface area contributed by atoms with Crippen LogP contribution >= 0.6 is 0 Å². The number of piperidine rings is 1. The van der Waals surface area contributed by atoms with Gasteiger partial charge in [0, 0.05) is 44.2 Å². The number of carbonyl (C=O) groups is 1. The van der Waals surface area contributed by atoms with Crippen LogP contribution in [0.1, 0.15) is 31.2 Å². The van der Waals surface area contributed by atoms with Gasteiger partial charge in [-0.25, -0.2) is 0 Å². The number of nitrogens with zero attached hydrogens (tertiary/aromatic N) is 2. The zero-order valence-corrected chi connectivity index (χ0v) is 11.1. The first kappa shape index (κ1) is 11.6. The van der Waals surface area contributed by atoms with Gasteiger partial charge in [0.05, 0.1) is 0 Å². The van der Waals surface area contributed by atoms with Gasteiger partial charge in [0.25, 0.3) is 0 Å². The van der Waals surface area contributed by atoms with Crippen molar-refractivity contribution < 1.29 is 4.79 Å². The number of benzene rings is 1. The van der Waals surface area contributed by atoms with Gasteiger partial charge in [0.1, 0.15) is 0 Å². The maximum Gasteiger partial charge on any atom is 0.222 e. The van der Waals surface area contributed by atoms with Gasteiger partial charge in [0.15, 0.2) is 0 Å². The summed E-state index contributed by atoms with van der Waals surface area (Å²) in [5, 5.41) is 0. The Kier molecular flexibility index (Phi) is 2.77. The monoisotopic (exact) mass is 244 g/mol. The number of likely N-dealkylation sites (N-methyl/N-ethyl adjacent to an activating group) is 1. The number of amides is 1. The lowest BCUT2D eigenvalue weighted by molar-refractivity contribution is -0.132. The van der Waals surface area contributed by atoms with E-state index in [4.69, 9.17) is 0 Å². The van der Waals surface area contributed by atoms with Crippen molar-refractivity contribution in [3.63, 3.8) is 0 Å². The highest BCUT2D eigenvalue weighted by Crippen LogP contribution is 2.43. The summed E-state index contributed by atoms with van der Waals surface area (Å²) >= 11 is 0. The number of hydrogen-bond acceptors (Lipinski definition) is 2. The van der Waals surface area contributed by atoms with Crippen LogP contribution in [0.5, 0.6) is 0 Å². The third-order valence-corrected chi connectivity index (χ3v) is 4.45. The molecule has 3 nitrogen and oxygen atoms in total. The SMILES string of the molecule is CCC(=O)N1CC[C@H]2[C@@H](C1)c1ccccc1N2C. The molecular weight excluding hydrogens is 224 g/mol. The van der Waals surface area contributed by atoms with Crippen LogP contribution in [0.2, 0.25) is 0 Å². The van der Waals surface area contributed by atoms with Crippen LogP contribution in [0.25, 0.3) is 0 Å². The van der Waals surface area contributed by atoms with Crippen LogP contribution in [0, 0.1) is 0 Å². The molecule has 1 aromatic carbocycles. The Morgan fingerprint density at radius 1 is 1.39 bits per heavy atom. The first-order chi connectivity index (χ1) is 8.72. The van der Waals surface area contributed by atoms with Gasteiger partial charge in [0.2, 0.25) is 5.91 Å². The Hall–Kier alpha value is -1.51. The molecule has 18 heavy (non-hydrogen) atoms. The maximum atomic E-state index is 11.9. The second kappa shape index (κ2) is 4.30. The van der Waals surface area contributed by atoms with Crippen molar-refractivity contribution in [2.75, 3.05) is 25.0 Å². The summed E-state index contributed by atoms with van der Waals surface area (Å²) in [5.74, 6) is 0.788. The molecule has 0 saturated carbocycles. The van der Waals surface area contributed by atoms with Crippen molar-refractivity contribution in [2.45, 2.75) is 31.7 Å². The lowest BCUT2D eigenvalue weighted by atomic mass is 9.89. The second-order valence-corrected chi connectivity index (χ2v) is 5.33. The largest absolute Gasteiger partial charge is 0.371 e. The minimum absolute atomic E-state index is 0.292. The molecule has 2 aliphatic heterocycles. The fraction of sp³-hybridized carbons (Fsp3) is 0.533. The van der Waals surface area contributed by atoms with E-state index in [0.717, 1.165) is 19.5 Å². The molecule has 3 heteroatoms. The van der Waals surface area contributed by atoms with Gasteiger partial charge in [-0.1, -0.05) is 25.1 Å². The summed E-state index contributed by atoms with van der Waals surface area (Å²) in [4.78, 5) is 16.3. The van der Waals surface area contributed by atoms with Crippen LogP contribution in [0.3, 0.4) is 0 Å². The highest BCUT2D eigenvalue weighted by Gasteiger charge is 2.40. The van der Waals surface area contributed by atoms with Crippen LogP contribution in [0.4, 0.5) is 5.69 Å². The summed E-state index contributed by atoms with van der Waals surface area (Å²) < 4.78 is 0. The quantitative estimate of drug-likeness (QED) is 0.756. The molecule has 0 radical (unpaired) electrons. The van der Waals surface area contributed by atoms with Crippen LogP contribution in [-0.4, -0.2) is 37.0 Å². The highest BCUT2D eigenvalue weighted by atomic mass is 16.2. The summed E-state index contributed by atoms with van der Waals surface area (Å²) in [6.07, 6.45) is 1.70. The zero-order chi connectivity index (χ0) is 12.7. The molecule has 2 aliphatic rings. The van der Waals surface area contributed by atoms with Gasteiger partial charge in [-0.15, -0.1) is 0 Å². The number of hydrogen-bond donors (Lipinski definition) is 0. The molecule has 0 aliphatic carbocycles. The van der Waals surface area contributed by atoms with E-state index in [9.17, 15) is 4.79 Å². The highest BCUT2D eigenvalue weighted by molar-refractivity contribution is 5.76. The molecule has 0 N–H and O–H groups in total. The molecule has 2 heterocycles. The van der Waals surface area contributed by atoms with Crippen molar-refractivity contribution in [1.82, 2.24) is 4.90 Å². The number of likely N-dealkylation sites (tertiary alicyclic amines) is 1. The van der Waals surface area contributed by atoms with Crippen LogP contribution in [-0.2, 0) is 4.79 Å². The smallest absolute Gasteiger partial charge is 0.222 e. The lowest BCUT2D eigenvalue weighted by Gasteiger charge is -2.37. The Bertz CT molecular complexity index is 471. The number of rotatable bonds is 1. The standard InChI is InChI=1S/C15H20N2O/c1-3-15(18)17-9-8-14-12(10-17)11-6-4-5-7-13(11)16(14)2/h4-7,12,14H,3,8-10H2,1-2H3/t12-,14-/m0/s1. The van der Waals surface area contributed by atoms with Gasteiger partial charge < -0.3 is 9.80 Å². The molecule has 3 rings (SSSR count). The lowest BCUT2D eigenvalue weighted by Crippen LogP contribution is -2.47. The second-order valence-electron chi connectivity index (χ2n) is 5.33. The fourth-order valence-corrected chi connectivity index (χ4v) is 3.46. The van der Waals surface area contributed by atoms with Crippen molar-refractivity contribution >= 4 is 11.6 Å². The molecule has 0 bridgehead atoms. The third-order valence-electron chi connectivity index (χ3n) is 4.45. The van der Waals surface area contributed by atoms with Crippen LogP contribution < -0.4 is 4.90 Å². The molecule has 1 saturated heterocycles. The van der Waals surface area contributed by atoms with Crippen molar-refractivity contribution in [1.29, 1.82) is 0 Å². The van der Waals surface area contributed by atoms with E-state index in [1.54, 1.807) is 0 Å². The van der Waals surface area contributed by atoms with E-state index in [-0.39, 0.29) is 0 Å². The Labute approximate surface area is 108 Å².